The number of methoxy groups -OCH3 is 1. The lowest BCUT2D eigenvalue weighted by molar-refractivity contribution is 0.329. The Labute approximate surface area is 193 Å². The van der Waals surface area contributed by atoms with E-state index in [1.54, 1.807) is 36.4 Å². The molecule has 3 aromatic carbocycles. The van der Waals surface area contributed by atoms with E-state index in [1.165, 1.54) is 18.0 Å². The van der Waals surface area contributed by atoms with Crippen molar-refractivity contribution in [3.63, 3.8) is 0 Å². The van der Waals surface area contributed by atoms with Gasteiger partial charge >= 0.3 is 0 Å². The number of nitrogens with zero attached hydrogens (tertiary/aromatic N) is 4. The number of para-hydroxylation sites is 2. The molecular formula is C26H18N4O4. The third-order valence-corrected chi connectivity index (χ3v) is 5.20. The predicted molar refractivity (Wildman–Crippen MR) is 128 cm³/mol. The van der Waals surface area contributed by atoms with Crippen LogP contribution in [-0.2, 0) is 0 Å². The van der Waals surface area contributed by atoms with E-state index in [1.807, 2.05) is 42.5 Å². The van der Waals surface area contributed by atoms with Crippen LogP contribution in [0.3, 0.4) is 0 Å². The summed E-state index contributed by atoms with van der Waals surface area (Å²) in [6, 6.07) is 23.6. The summed E-state index contributed by atoms with van der Waals surface area (Å²) in [7, 11) is 1.51. The van der Waals surface area contributed by atoms with Crippen LogP contribution in [-0.4, -0.2) is 29.6 Å². The van der Waals surface area contributed by atoms with Crippen molar-refractivity contribution >= 4 is 28.1 Å². The Morgan fingerprint density at radius 2 is 1.91 bits per heavy atom. The molecule has 0 unspecified atom stereocenters. The molecule has 0 aliphatic rings. The predicted octanol–water partition coefficient (Wildman–Crippen LogP) is 4.60. The molecule has 8 nitrogen and oxygen atoms in total. The van der Waals surface area contributed by atoms with E-state index in [-0.39, 0.29) is 18.0 Å². The fraction of sp³-hybridized carbons (Fsp3) is 0.0769. The van der Waals surface area contributed by atoms with Crippen molar-refractivity contribution in [2.24, 2.45) is 5.10 Å². The van der Waals surface area contributed by atoms with Gasteiger partial charge in [-0.3, -0.25) is 4.79 Å². The molecule has 8 heteroatoms. The van der Waals surface area contributed by atoms with Gasteiger partial charge in [-0.15, -0.1) is 0 Å². The van der Waals surface area contributed by atoms with Crippen molar-refractivity contribution in [2.75, 3.05) is 13.7 Å². The maximum atomic E-state index is 13.3. The Morgan fingerprint density at radius 1 is 1.09 bits per heavy atom. The van der Waals surface area contributed by atoms with Crippen molar-refractivity contribution in [1.29, 1.82) is 5.26 Å². The highest BCUT2D eigenvalue weighted by molar-refractivity contribution is 5.85. The molecule has 0 saturated heterocycles. The molecule has 0 spiro atoms. The number of rotatable bonds is 6. The van der Waals surface area contributed by atoms with Gasteiger partial charge in [0.15, 0.2) is 23.9 Å². The molecule has 5 aromatic rings. The van der Waals surface area contributed by atoms with Crippen LogP contribution in [0.25, 0.3) is 33.5 Å². The second-order valence-corrected chi connectivity index (χ2v) is 7.32. The third-order valence-electron chi connectivity index (χ3n) is 5.20. The first-order valence-corrected chi connectivity index (χ1v) is 10.4. The Hall–Kier alpha value is -4.90. The van der Waals surface area contributed by atoms with E-state index in [0.717, 1.165) is 5.39 Å². The molecule has 0 aliphatic heterocycles. The number of aromatic nitrogens is 2. The average Bonchev–Trinajstić information content (AvgIpc) is 3.31. The fourth-order valence-electron chi connectivity index (χ4n) is 3.60. The number of nitriles is 1. The normalized spacial score (nSPS) is 11.2. The molecule has 166 valence electrons. The van der Waals surface area contributed by atoms with Crippen LogP contribution in [0.15, 0.2) is 87.1 Å². The van der Waals surface area contributed by atoms with Gasteiger partial charge in [-0.05, 0) is 48.0 Å². The van der Waals surface area contributed by atoms with Gasteiger partial charge < -0.3 is 13.9 Å². The average molecular weight is 450 g/mol. The van der Waals surface area contributed by atoms with Crippen LogP contribution in [0.2, 0.25) is 0 Å². The number of hydrogen-bond donors (Lipinski definition) is 0. The summed E-state index contributed by atoms with van der Waals surface area (Å²) in [4.78, 5) is 18.0. The molecule has 0 bridgehead atoms. The van der Waals surface area contributed by atoms with E-state index in [0.29, 0.717) is 39.3 Å². The van der Waals surface area contributed by atoms with Gasteiger partial charge in [-0.2, -0.15) is 15.0 Å². The molecular weight excluding hydrogens is 432 g/mol. The van der Waals surface area contributed by atoms with Crippen LogP contribution >= 0.6 is 0 Å². The highest BCUT2D eigenvalue weighted by atomic mass is 16.5. The quantitative estimate of drug-likeness (QED) is 0.350. The molecule has 0 N–H and O–H groups in total. The van der Waals surface area contributed by atoms with Crippen molar-refractivity contribution in [3.05, 3.63) is 88.7 Å². The maximum Gasteiger partial charge on any atom is 0.282 e. The maximum absolute atomic E-state index is 13.3. The van der Waals surface area contributed by atoms with Gasteiger partial charge in [0.05, 0.1) is 24.2 Å². The summed E-state index contributed by atoms with van der Waals surface area (Å²) in [6.07, 6.45) is 1.53. The zero-order chi connectivity index (χ0) is 23.5. The summed E-state index contributed by atoms with van der Waals surface area (Å²) in [6.45, 7) is -0.0944. The minimum absolute atomic E-state index is 0.0944. The van der Waals surface area contributed by atoms with Crippen LogP contribution in [0.1, 0.15) is 5.56 Å². The summed E-state index contributed by atoms with van der Waals surface area (Å²) >= 11 is 0. The first-order chi connectivity index (χ1) is 16.7. The summed E-state index contributed by atoms with van der Waals surface area (Å²) in [5, 5.41) is 14.5. The molecule has 0 atom stereocenters. The Balaban J connectivity index is 1.63. The lowest BCUT2D eigenvalue weighted by atomic mass is 10.2. The molecule has 0 radical (unpaired) electrons. The minimum Gasteiger partial charge on any atom is -0.493 e. The second-order valence-electron chi connectivity index (χ2n) is 7.32. The molecule has 0 fully saturated rings. The monoisotopic (exact) mass is 450 g/mol. The highest BCUT2D eigenvalue weighted by Gasteiger charge is 2.16. The molecule has 34 heavy (non-hydrogen) atoms. The SMILES string of the molecule is COc1cc(C=Nn2c(-c3cc4ccccc4o3)nc3ccccc3c2=O)ccc1OCC#N. The van der Waals surface area contributed by atoms with Crippen molar-refractivity contribution in [3.8, 4) is 29.2 Å². The standard InChI is InChI=1S/C26H18N4O4/c1-32-23-14-17(10-11-22(23)33-13-12-27)16-28-30-25(24-15-18-6-2-5-9-21(18)34-24)29-20-8-4-3-7-19(20)26(30)31/h2-11,14-16H,13H2,1H3. The minimum atomic E-state index is -0.321. The lowest BCUT2D eigenvalue weighted by Crippen LogP contribution is -2.20. The molecule has 5 rings (SSSR count). The topological polar surface area (TPSA) is 103 Å². The number of hydrogen-bond acceptors (Lipinski definition) is 7. The van der Waals surface area contributed by atoms with Gasteiger partial charge in [-0.25, -0.2) is 4.98 Å². The van der Waals surface area contributed by atoms with E-state index in [2.05, 4.69) is 10.1 Å². The Morgan fingerprint density at radius 3 is 2.74 bits per heavy atom. The van der Waals surface area contributed by atoms with Gasteiger partial charge in [0.1, 0.15) is 11.7 Å². The number of ether oxygens (including phenoxy) is 2. The van der Waals surface area contributed by atoms with Gasteiger partial charge in [0.25, 0.3) is 5.56 Å². The van der Waals surface area contributed by atoms with Crippen molar-refractivity contribution in [2.45, 2.75) is 0 Å². The summed E-state index contributed by atoms with van der Waals surface area (Å²) < 4.78 is 17.9. The van der Waals surface area contributed by atoms with Gasteiger partial charge in [0, 0.05) is 5.39 Å². The summed E-state index contributed by atoms with van der Waals surface area (Å²) in [5.74, 6) is 1.60. The van der Waals surface area contributed by atoms with Crippen LogP contribution in [0, 0.1) is 11.3 Å². The van der Waals surface area contributed by atoms with E-state index < -0.39 is 0 Å². The molecule has 2 aromatic heterocycles. The summed E-state index contributed by atoms with van der Waals surface area (Å²) in [5.41, 5.74) is 1.58. The van der Waals surface area contributed by atoms with E-state index in [9.17, 15) is 4.79 Å². The molecule has 0 aliphatic carbocycles. The van der Waals surface area contributed by atoms with Gasteiger partial charge in [-0.1, -0.05) is 30.3 Å². The van der Waals surface area contributed by atoms with E-state index >= 15 is 0 Å². The zero-order valence-electron chi connectivity index (χ0n) is 18.1. The van der Waals surface area contributed by atoms with Gasteiger partial charge in [0.2, 0.25) is 5.82 Å². The second kappa shape index (κ2) is 8.92. The largest absolute Gasteiger partial charge is 0.493 e. The van der Waals surface area contributed by atoms with Crippen molar-refractivity contribution < 1.29 is 13.9 Å². The first kappa shape index (κ1) is 21.0. The zero-order valence-corrected chi connectivity index (χ0v) is 18.1. The number of fused-ring (bicyclic) bond motifs is 2. The molecule has 0 amide bonds. The Bertz CT molecular complexity index is 1610. The number of benzene rings is 3. The molecule has 0 saturated carbocycles. The third kappa shape index (κ3) is 3.87. The number of furan rings is 1. The lowest BCUT2D eigenvalue weighted by Gasteiger charge is -2.09. The fourth-order valence-corrected chi connectivity index (χ4v) is 3.60. The van der Waals surface area contributed by atoms with Crippen LogP contribution < -0.4 is 15.0 Å². The highest BCUT2D eigenvalue weighted by Crippen LogP contribution is 2.28. The van der Waals surface area contributed by atoms with E-state index in [4.69, 9.17) is 19.2 Å². The smallest absolute Gasteiger partial charge is 0.282 e. The molecule has 2 heterocycles. The van der Waals surface area contributed by atoms with Crippen LogP contribution in [0.4, 0.5) is 0 Å². The Kier molecular flexibility index (Phi) is 5.50. The van der Waals surface area contributed by atoms with Crippen LogP contribution in [0.5, 0.6) is 11.5 Å². The first-order valence-electron chi connectivity index (χ1n) is 10.4. The van der Waals surface area contributed by atoms with Crippen molar-refractivity contribution in [1.82, 2.24) is 9.66 Å².